The molecular weight excluding hydrogens is 381 g/mol. The molecule has 0 saturated heterocycles. The molecule has 136 valence electrons. The van der Waals surface area contributed by atoms with Crippen LogP contribution < -0.4 is 0 Å². The van der Waals surface area contributed by atoms with Crippen LogP contribution in [0.25, 0.3) is 10.6 Å². The van der Waals surface area contributed by atoms with E-state index in [-0.39, 0.29) is 12.3 Å². The molecular formula is C14H13F3N2O4S2. The number of rotatable bonds is 6. The quantitative estimate of drug-likeness (QED) is 0.553. The Kier molecular flexibility index (Phi) is 5.78. The zero-order chi connectivity index (χ0) is 18.7. The van der Waals surface area contributed by atoms with Crippen LogP contribution in [0, 0.1) is 0 Å². The van der Waals surface area contributed by atoms with Crippen LogP contribution in [0.3, 0.4) is 0 Å². The Labute approximate surface area is 145 Å². The Hall–Kier alpha value is -2.01. The fourth-order valence-corrected chi connectivity index (χ4v) is 3.58. The lowest BCUT2D eigenvalue weighted by atomic mass is 10.3. The van der Waals surface area contributed by atoms with Gasteiger partial charge in [-0.05, 0) is 24.4 Å². The summed E-state index contributed by atoms with van der Waals surface area (Å²) in [7, 11) is -4.29. The minimum Gasteiger partial charge on any atom is -0.466 e. The first-order chi connectivity index (χ1) is 11.6. The molecule has 0 spiro atoms. The Bertz CT molecular complexity index is 849. The van der Waals surface area contributed by atoms with Gasteiger partial charge in [0.2, 0.25) is 15.0 Å². The lowest BCUT2D eigenvalue weighted by molar-refractivity contribution is -0.143. The maximum Gasteiger partial charge on any atom is 0.433 e. The second-order valence-electron chi connectivity index (χ2n) is 4.77. The molecule has 6 nitrogen and oxygen atoms in total. The van der Waals surface area contributed by atoms with Crippen molar-refractivity contribution in [3.63, 3.8) is 0 Å². The molecule has 0 fully saturated rings. The molecule has 2 aromatic rings. The van der Waals surface area contributed by atoms with Crippen LogP contribution in [0.4, 0.5) is 13.2 Å². The zero-order valence-electron chi connectivity index (χ0n) is 12.9. The highest BCUT2D eigenvalue weighted by molar-refractivity contribution is 7.91. The van der Waals surface area contributed by atoms with E-state index in [4.69, 9.17) is 0 Å². The van der Waals surface area contributed by atoms with Crippen LogP contribution >= 0.6 is 11.3 Å². The number of nitrogens with zero attached hydrogens (tertiary/aromatic N) is 2. The smallest absolute Gasteiger partial charge is 0.433 e. The van der Waals surface area contributed by atoms with Gasteiger partial charge < -0.3 is 4.74 Å². The third-order valence-corrected chi connectivity index (χ3v) is 5.30. The Morgan fingerprint density at radius 1 is 1.32 bits per heavy atom. The van der Waals surface area contributed by atoms with Crippen molar-refractivity contribution in [3.8, 4) is 10.6 Å². The van der Waals surface area contributed by atoms with E-state index in [1.807, 2.05) is 0 Å². The van der Waals surface area contributed by atoms with Crippen molar-refractivity contribution >= 4 is 27.1 Å². The molecule has 0 aliphatic carbocycles. The van der Waals surface area contributed by atoms with E-state index >= 15 is 0 Å². The Balaban J connectivity index is 2.42. The van der Waals surface area contributed by atoms with E-state index in [2.05, 4.69) is 14.7 Å². The summed E-state index contributed by atoms with van der Waals surface area (Å²) < 4.78 is 68.2. The van der Waals surface area contributed by atoms with Gasteiger partial charge >= 0.3 is 12.1 Å². The molecule has 0 aliphatic heterocycles. The van der Waals surface area contributed by atoms with Crippen LogP contribution in [0.15, 0.2) is 28.7 Å². The van der Waals surface area contributed by atoms with Gasteiger partial charge in [-0.2, -0.15) is 13.2 Å². The molecule has 0 unspecified atom stereocenters. The summed E-state index contributed by atoms with van der Waals surface area (Å²) in [6.45, 7) is 1.62. The first-order valence-electron chi connectivity index (χ1n) is 7.02. The van der Waals surface area contributed by atoms with Crippen molar-refractivity contribution in [1.29, 1.82) is 0 Å². The molecule has 0 aliphatic rings. The Morgan fingerprint density at radius 3 is 2.60 bits per heavy atom. The molecule has 25 heavy (non-hydrogen) atoms. The summed E-state index contributed by atoms with van der Waals surface area (Å²) in [5, 5.41) is 0.662. The topological polar surface area (TPSA) is 86.2 Å². The van der Waals surface area contributed by atoms with Gasteiger partial charge in [-0.25, -0.2) is 18.4 Å². The van der Waals surface area contributed by atoms with Gasteiger partial charge in [0.15, 0.2) is 0 Å². The van der Waals surface area contributed by atoms with Crippen LogP contribution in [0.2, 0.25) is 0 Å². The second kappa shape index (κ2) is 7.48. The Morgan fingerprint density at radius 2 is 2.04 bits per heavy atom. The number of aromatic nitrogens is 2. The van der Waals surface area contributed by atoms with Gasteiger partial charge in [-0.1, -0.05) is 6.07 Å². The van der Waals surface area contributed by atoms with Crippen molar-refractivity contribution < 1.29 is 31.1 Å². The third-order valence-electron chi connectivity index (χ3n) is 2.93. The van der Waals surface area contributed by atoms with Gasteiger partial charge in [0.05, 0.1) is 29.4 Å². The number of hydrogen-bond acceptors (Lipinski definition) is 7. The predicted octanol–water partition coefficient (Wildman–Crippen LogP) is 2.95. The molecule has 11 heteroatoms. The first kappa shape index (κ1) is 19.3. The molecule has 0 saturated carbocycles. The van der Waals surface area contributed by atoms with Crippen molar-refractivity contribution in [2.45, 2.75) is 24.7 Å². The highest BCUT2D eigenvalue weighted by Gasteiger charge is 2.35. The molecule has 0 radical (unpaired) electrons. The molecule has 2 aromatic heterocycles. The lowest BCUT2D eigenvalue weighted by Crippen LogP contribution is -2.18. The highest BCUT2D eigenvalue weighted by Crippen LogP contribution is 2.32. The molecule has 0 amide bonds. The van der Waals surface area contributed by atoms with Crippen LogP contribution in [0.5, 0.6) is 0 Å². The number of carbonyl (C=O) groups is 1. The van der Waals surface area contributed by atoms with E-state index in [0.29, 0.717) is 10.9 Å². The van der Waals surface area contributed by atoms with E-state index in [9.17, 15) is 26.4 Å². The number of halogens is 3. The van der Waals surface area contributed by atoms with Crippen molar-refractivity contribution in [3.05, 3.63) is 29.3 Å². The average Bonchev–Trinajstić information content (AvgIpc) is 3.06. The van der Waals surface area contributed by atoms with Crippen LogP contribution in [-0.4, -0.2) is 36.7 Å². The van der Waals surface area contributed by atoms with Gasteiger partial charge in [0, 0.05) is 0 Å². The molecule has 0 N–H and O–H groups in total. The fraction of sp³-hybridized carbons (Fsp3) is 0.357. The first-order valence-corrected chi connectivity index (χ1v) is 9.55. The highest BCUT2D eigenvalue weighted by atomic mass is 32.2. The van der Waals surface area contributed by atoms with Gasteiger partial charge in [0.25, 0.3) is 0 Å². The van der Waals surface area contributed by atoms with Gasteiger partial charge in [-0.3, -0.25) is 4.79 Å². The van der Waals surface area contributed by atoms with E-state index < -0.39 is 45.0 Å². The van der Waals surface area contributed by atoms with Crippen LogP contribution in [-0.2, 0) is 25.5 Å². The SMILES string of the molecule is CCOC(=O)CCS(=O)(=O)c1nc(-c2cccs2)cc(C(F)(F)F)n1. The number of hydrogen-bond donors (Lipinski definition) is 0. The maximum atomic E-state index is 13.0. The van der Waals surface area contributed by atoms with E-state index in [1.165, 1.54) is 6.07 Å². The summed E-state index contributed by atoms with van der Waals surface area (Å²) in [4.78, 5) is 18.5. The number of esters is 1. The summed E-state index contributed by atoms with van der Waals surface area (Å²) in [5.41, 5.74) is -1.51. The molecule has 2 rings (SSSR count). The van der Waals surface area contributed by atoms with Gasteiger partial charge in [-0.15, -0.1) is 11.3 Å². The monoisotopic (exact) mass is 394 g/mol. The number of carbonyl (C=O) groups excluding carboxylic acids is 1. The molecule has 0 atom stereocenters. The minimum absolute atomic E-state index is 0.0709. The second-order valence-corrected chi connectivity index (χ2v) is 7.72. The standard InChI is InChI=1S/C14H13F3N2O4S2/c1-2-23-12(20)5-7-25(21,22)13-18-9(10-4-3-6-24-10)8-11(19-13)14(15,16)17/h3-4,6,8H,2,5,7H2,1H3. The predicted molar refractivity (Wildman–Crippen MR) is 83.6 cm³/mol. The maximum absolute atomic E-state index is 13.0. The zero-order valence-corrected chi connectivity index (χ0v) is 14.5. The van der Waals surface area contributed by atoms with Crippen molar-refractivity contribution in [2.24, 2.45) is 0 Å². The van der Waals surface area contributed by atoms with Crippen LogP contribution in [0.1, 0.15) is 19.0 Å². The van der Waals surface area contributed by atoms with Crippen molar-refractivity contribution in [1.82, 2.24) is 9.97 Å². The summed E-state index contributed by atoms with van der Waals surface area (Å²) in [6, 6.07) is 3.81. The average molecular weight is 394 g/mol. The summed E-state index contributed by atoms with van der Waals surface area (Å²) in [5.74, 6) is -1.51. The molecule has 0 aromatic carbocycles. The number of thiophene rings is 1. The van der Waals surface area contributed by atoms with Crippen molar-refractivity contribution in [2.75, 3.05) is 12.4 Å². The summed E-state index contributed by atoms with van der Waals surface area (Å²) in [6.07, 6.45) is -5.33. The third kappa shape index (κ3) is 4.98. The fourth-order valence-electron chi connectivity index (χ4n) is 1.80. The largest absolute Gasteiger partial charge is 0.466 e. The van der Waals surface area contributed by atoms with Gasteiger partial charge in [0.1, 0.15) is 5.69 Å². The number of ether oxygens (including phenoxy) is 1. The molecule has 2 heterocycles. The van der Waals surface area contributed by atoms with E-state index in [0.717, 1.165) is 11.3 Å². The minimum atomic E-state index is -4.83. The lowest BCUT2D eigenvalue weighted by Gasteiger charge is -2.10. The molecule has 0 bridgehead atoms. The normalized spacial score (nSPS) is 12.2. The van der Waals surface area contributed by atoms with E-state index in [1.54, 1.807) is 18.4 Å². The number of alkyl halides is 3. The summed E-state index contributed by atoms with van der Waals surface area (Å²) >= 11 is 1.11. The number of sulfone groups is 1.